The zero-order valence-electron chi connectivity index (χ0n) is 12.5. The summed E-state index contributed by atoms with van der Waals surface area (Å²) in [4.78, 5) is 0. The minimum absolute atomic E-state index is 0.208. The Labute approximate surface area is 127 Å². The van der Waals surface area contributed by atoms with E-state index < -0.39 is 11.7 Å². The lowest BCUT2D eigenvalue weighted by molar-refractivity contribution is -0.137. The Kier molecular flexibility index (Phi) is 4.14. The van der Waals surface area contributed by atoms with Crippen molar-refractivity contribution in [3.63, 3.8) is 0 Å². The molecule has 0 bridgehead atoms. The third-order valence-electron chi connectivity index (χ3n) is 3.74. The zero-order chi connectivity index (χ0) is 16.5. The Bertz CT molecular complexity index is 774. The molecule has 1 heterocycles. The van der Waals surface area contributed by atoms with Crippen LogP contribution in [-0.2, 0) is 13.2 Å². The SMILES string of the molecule is Cc1cc(C=C(C#N)c2cccc(C(F)(F)F)c2)c(C)n1C. The van der Waals surface area contributed by atoms with Gasteiger partial charge >= 0.3 is 6.18 Å². The molecule has 0 fully saturated rings. The minimum Gasteiger partial charge on any atom is -0.352 e. The topological polar surface area (TPSA) is 28.7 Å². The maximum absolute atomic E-state index is 12.8. The van der Waals surface area contributed by atoms with Gasteiger partial charge in [0.2, 0.25) is 0 Å². The molecular weight excluding hydrogens is 289 g/mol. The van der Waals surface area contributed by atoms with Gasteiger partial charge in [-0.25, -0.2) is 0 Å². The summed E-state index contributed by atoms with van der Waals surface area (Å²) in [6.07, 6.45) is -2.80. The van der Waals surface area contributed by atoms with Crippen LogP contribution in [0.15, 0.2) is 30.3 Å². The number of halogens is 3. The summed E-state index contributed by atoms with van der Waals surface area (Å²) in [5, 5.41) is 9.30. The molecular formula is C17H15F3N2. The van der Waals surface area contributed by atoms with Gasteiger partial charge in [-0.1, -0.05) is 12.1 Å². The molecule has 0 aliphatic heterocycles. The second-order valence-electron chi connectivity index (χ2n) is 5.13. The number of aryl methyl sites for hydroxylation is 1. The van der Waals surface area contributed by atoms with Gasteiger partial charge in [0, 0.05) is 18.4 Å². The lowest BCUT2D eigenvalue weighted by Gasteiger charge is -2.08. The Hall–Kier alpha value is -2.48. The van der Waals surface area contributed by atoms with Crippen molar-refractivity contribution in [3.05, 3.63) is 58.4 Å². The van der Waals surface area contributed by atoms with E-state index in [-0.39, 0.29) is 11.1 Å². The van der Waals surface area contributed by atoms with Crippen molar-refractivity contribution in [3.8, 4) is 6.07 Å². The highest BCUT2D eigenvalue weighted by Crippen LogP contribution is 2.31. The van der Waals surface area contributed by atoms with Crippen LogP contribution in [-0.4, -0.2) is 4.57 Å². The van der Waals surface area contributed by atoms with Crippen molar-refractivity contribution >= 4 is 11.6 Å². The fourth-order valence-corrected chi connectivity index (χ4v) is 2.23. The molecule has 0 spiro atoms. The van der Waals surface area contributed by atoms with Crippen LogP contribution < -0.4 is 0 Å². The standard InChI is InChI=1S/C17H15F3N2/c1-11-7-14(12(2)22(11)3)8-15(10-21)13-5-4-6-16(9-13)17(18,19)20/h4-9H,1-3H3. The van der Waals surface area contributed by atoms with Gasteiger partial charge < -0.3 is 4.57 Å². The van der Waals surface area contributed by atoms with E-state index in [0.717, 1.165) is 29.1 Å². The molecule has 1 aromatic carbocycles. The lowest BCUT2D eigenvalue weighted by atomic mass is 10.0. The van der Waals surface area contributed by atoms with Gasteiger partial charge in [-0.05, 0) is 49.2 Å². The molecule has 0 atom stereocenters. The van der Waals surface area contributed by atoms with Crippen LogP contribution in [0.25, 0.3) is 11.6 Å². The van der Waals surface area contributed by atoms with Gasteiger partial charge in [-0.2, -0.15) is 18.4 Å². The van der Waals surface area contributed by atoms with Crippen LogP contribution >= 0.6 is 0 Å². The molecule has 22 heavy (non-hydrogen) atoms. The molecule has 0 saturated heterocycles. The Balaban J connectivity index is 2.51. The van der Waals surface area contributed by atoms with Crippen molar-refractivity contribution in [2.75, 3.05) is 0 Å². The minimum atomic E-state index is -4.42. The monoisotopic (exact) mass is 304 g/mol. The van der Waals surface area contributed by atoms with Gasteiger partial charge in [0.15, 0.2) is 0 Å². The molecule has 0 saturated carbocycles. The average Bonchev–Trinajstić information content (AvgIpc) is 2.71. The molecule has 2 nitrogen and oxygen atoms in total. The number of rotatable bonds is 2. The van der Waals surface area contributed by atoms with E-state index >= 15 is 0 Å². The van der Waals surface area contributed by atoms with Gasteiger partial charge in [0.05, 0.1) is 17.2 Å². The van der Waals surface area contributed by atoms with Crippen molar-refractivity contribution in [2.24, 2.45) is 7.05 Å². The van der Waals surface area contributed by atoms with Crippen LogP contribution in [0.4, 0.5) is 13.2 Å². The Morgan fingerprint density at radius 2 is 1.91 bits per heavy atom. The first kappa shape index (κ1) is 15.9. The van der Waals surface area contributed by atoms with Gasteiger partial charge in [0.25, 0.3) is 0 Å². The predicted molar refractivity (Wildman–Crippen MR) is 79.8 cm³/mol. The number of alkyl halides is 3. The second-order valence-corrected chi connectivity index (χ2v) is 5.13. The molecule has 0 aliphatic rings. The number of hydrogen-bond acceptors (Lipinski definition) is 1. The fraction of sp³-hybridized carbons (Fsp3) is 0.235. The average molecular weight is 304 g/mol. The number of aromatic nitrogens is 1. The van der Waals surface area contributed by atoms with Crippen LogP contribution in [0.3, 0.4) is 0 Å². The Morgan fingerprint density at radius 3 is 2.41 bits per heavy atom. The van der Waals surface area contributed by atoms with Crippen molar-refractivity contribution < 1.29 is 13.2 Å². The smallest absolute Gasteiger partial charge is 0.352 e. The number of nitriles is 1. The summed E-state index contributed by atoms with van der Waals surface area (Å²) < 4.78 is 40.3. The highest BCUT2D eigenvalue weighted by molar-refractivity contribution is 5.90. The third-order valence-corrected chi connectivity index (χ3v) is 3.74. The maximum atomic E-state index is 12.8. The molecule has 0 N–H and O–H groups in total. The predicted octanol–water partition coefficient (Wildman–Crippen LogP) is 4.72. The third kappa shape index (κ3) is 3.06. The van der Waals surface area contributed by atoms with E-state index in [2.05, 4.69) is 0 Å². The fourth-order valence-electron chi connectivity index (χ4n) is 2.23. The van der Waals surface area contributed by atoms with Gasteiger partial charge in [0.1, 0.15) is 0 Å². The quantitative estimate of drug-likeness (QED) is 0.738. The van der Waals surface area contributed by atoms with Crippen molar-refractivity contribution in [1.82, 2.24) is 4.57 Å². The largest absolute Gasteiger partial charge is 0.416 e. The zero-order valence-corrected chi connectivity index (χ0v) is 12.5. The second kappa shape index (κ2) is 5.72. The molecule has 2 rings (SSSR count). The van der Waals surface area contributed by atoms with Gasteiger partial charge in [-0.3, -0.25) is 0 Å². The summed E-state index contributed by atoms with van der Waals surface area (Å²) in [5.41, 5.74) is 2.52. The van der Waals surface area contributed by atoms with E-state index in [0.29, 0.717) is 0 Å². The first-order chi connectivity index (χ1) is 10.2. The van der Waals surface area contributed by atoms with Crippen LogP contribution in [0.5, 0.6) is 0 Å². The number of hydrogen-bond donors (Lipinski definition) is 0. The van der Waals surface area contributed by atoms with E-state index in [1.807, 2.05) is 37.6 Å². The number of allylic oxidation sites excluding steroid dienone is 1. The molecule has 0 amide bonds. The van der Waals surface area contributed by atoms with Crippen molar-refractivity contribution in [2.45, 2.75) is 20.0 Å². The Morgan fingerprint density at radius 1 is 1.23 bits per heavy atom. The van der Waals surface area contributed by atoms with Gasteiger partial charge in [-0.15, -0.1) is 0 Å². The molecule has 1 aromatic heterocycles. The van der Waals surface area contributed by atoms with E-state index in [1.165, 1.54) is 12.1 Å². The summed E-state index contributed by atoms with van der Waals surface area (Å²) in [5.74, 6) is 0. The first-order valence-electron chi connectivity index (χ1n) is 6.66. The first-order valence-corrected chi connectivity index (χ1v) is 6.66. The van der Waals surface area contributed by atoms with Crippen molar-refractivity contribution in [1.29, 1.82) is 5.26 Å². The number of benzene rings is 1. The maximum Gasteiger partial charge on any atom is 0.416 e. The van der Waals surface area contributed by atoms with E-state index in [1.54, 1.807) is 6.08 Å². The molecule has 0 unspecified atom stereocenters. The summed E-state index contributed by atoms with van der Waals surface area (Å²) in [6.45, 7) is 3.83. The molecule has 5 heteroatoms. The lowest BCUT2D eigenvalue weighted by Crippen LogP contribution is -2.04. The molecule has 2 aromatic rings. The summed E-state index contributed by atoms with van der Waals surface area (Å²) in [6, 6.07) is 8.71. The molecule has 114 valence electrons. The van der Waals surface area contributed by atoms with Crippen LogP contribution in [0.1, 0.15) is 28.1 Å². The van der Waals surface area contributed by atoms with Crippen LogP contribution in [0, 0.1) is 25.2 Å². The normalized spacial score (nSPS) is 12.3. The number of nitrogens with zero attached hydrogens (tertiary/aromatic N) is 2. The highest BCUT2D eigenvalue weighted by atomic mass is 19.4. The summed E-state index contributed by atoms with van der Waals surface area (Å²) >= 11 is 0. The van der Waals surface area contributed by atoms with E-state index in [4.69, 9.17) is 0 Å². The van der Waals surface area contributed by atoms with Crippen LogP contribution in [0.2, 0.25) is 0 Å². The summed E-state index contributed by atoms with van der Waals surface area (Å²) in [7, 11) is 1.90. The van der Waals surface area contributed by atoms with E-state index in [9.17, 15) is 18.4 Å². The molecule has 0 radical (unpaired) electrons. The highest BCUT2D eigenvalue weighted by Gasteiger charge is 2.30. The molecule has 0 aliphatic carbocycles.